The first-order valence-corrected chi connectivity index (χ1v) is 3.03. The number of halogens is 9. The van der Waals surface area contributed by atoms with Gasteiger partial charge in [-0.1, -0.05) is 0 Å². The van der Waals surface area contributed by atoms with Gasteiger partial charge in [-0.05, 0) is 0 Å². The third kappa shape index (κ3) is 3.26. The van der Waals surface area contributed by atoms with Gasteiger partial charge >= 0.3 is 18.3 Å². The summed E-state index contributed by atoms with van der Waals surface area (Å²) >= 11 is 0. The first-order chi connectivity index (χ1) is 5.88. The van der Waals surface area contributed by atoms with Gasteiger partial charge in [0, 0.05) is 0 Å². The van der Waals surface area contributed by atoms with E-state index < -0.39 is 30.9 Å². The van der Waals surface area contributed by atoms with E-state index in [1.807, 2.05) is 0 Å². The van der Waals surface area contributed by atoms with E-state index in [1.165, 1.54) is 0 Å². The summed E-state index contributed by atoms with van der Waals surface area (Å²) in [5.41, 5.74) is 0. The van der Waals surface area contributed by atoms with Crippen LogP contribution < -0.4 is 0 Å². The highest BCUT2D eigenvalue weighted by atomic mass is 19.4. The summed E-state index contributed by atoms with van der Waals surface area (Å²) in [5, 5.41) is 0. The zero-order chi connectivity index (χ0) is 11.8. The maximum Gasteiger partial charge on any atom is 0.456 e. The van der Waals surface area contributed by atoms with Gasteiger partial charge in [-0.25, -0.2) is 4.39 Å². The first kappa shape index (κ1) is 13.4. The molecule has 0 unspecified atom stereocenters. The van der Waals surface area contributed by atoms with Crippen molar-refractivity contribution >= 4 is 0 Å². The van der Waals surface area contributed by atoms with Gasteiger partial charge in [0.1, 0.15) is 0 Å². The molecule has 0 aromatic carbocycles. The molecule has 0 amide bonds. The lowest BCUT2D eigenvalue weighted by molar-refractivity contribution is -0.312. The average molecular weight is 234 g/mol. The number of hydrogen-bond acceptors (Lipinski definition) is 0. The van der Waals surface area contributed by atoms with E-state index in [-0.39, 0.29) is 0 Å². The summed E-state index contributed by atoms with van der Waals surface area (Å²) < 4.78 is 103. The summed E-state index contributed by atoms with van der Waals surface area (Å²) in [6.45, 7) is 0. The Balaban J connectivity index is 4.61. The van der Waals surface area contributed by atoms with Gasteiger partial charge < -0.3 is 0 Å². The Morgan fingerprint density at radius 1 is 0.786 bits per heavy atom. The van der Waals surface area contributed by atoms with Gasteiger partial charge in [0.2, 0.25) is 0 Å². The maximum atomic E-state index is 12.0. The molecule has 0 saturated carbocycles. The van der Waals surface area contributed by atoms with Gasteiger partial charge in [0.05, 0.1) is 6.42 Å². The zero-order valence-corrected chi connectivity index (χ0v) is 6.19. The second-order valence-corrected chi connectivity index (χ2v) is 2.41. The van der Waals surface area contributed by atoms with Crippen LogP contribution in [0.25, 0.3) is 0 Å². The fourth-order valence-corrected chi connectivity index (χ4v) is 0.509. The first-order valence-electron chi connectivity index (χ1n) is 3.03. The summed E-state index contributed by atoms with van der Waals surface area (Å²) in [6, 6.07) is 0. The smallest absolute Gasteiger partial charge is 0.240 e. The molecule has 0 fully saturated rings. The van der Waals surface area contributed by atoms with Crippen molar-refractivity contribution in [2.45, 2.75) is 30.9 Å². The molecule has 0 aliphatic rings. The molecule has 0 saturated heterocycles. The highest BCUT2D eigenvalue weighted by Crippen LogP contribution is 2.42. The van der Waals surface area contributed by atoms with E-state index in [1.54, 1.807) is 0 Å². The summed E-state index contributed by atoms with van der Waals surface area (Å²) in [4.78, 5) is 0. The highest BCUT2D eigenvalue weighted by Gasteiger charge is 2.64. The van der Waals surface area contributed by atoms with Crippen LogP contribution in [0.4, 0.5) is 39.5 Å². The second kappa shape index (κ2) is 3.50. The van der Waals surface area contributed by atoms with Crippen molar-refractivity contribution in [1.82, 2.24) is 0 Å². The van der Waals surface area contributed by atoms with Crippen molar-refractivity contribution in [3.05, 3.63) is 0 Å². The Morgan fingerprint density at radius 2 is 1.14 bits per heavy atom. The predicted octanol–water partition coefficient (Wildman–Crippen LogP) is 3.47. The van der Waals surface area contributed by atoms with Crippen LogP contribution in [0.2, 0.25) is 0 Å². The third-order valence-corrected chi connectivity index (χ3v) is 1.18. The molecule has 0 aromatic rings. The van der Waals surface area contributed by atoms with Crippen molar-refractivity contribution in [3.63, 3.8) is 0 Å². The van der Waals surface area contributed by atoms with Crippen LogP contribution in [0.1, 0.15) is 6.42 Å². The van der Waals surface area contributed by atoms with E-state index in [2.05, 4.69) is 0 Å². The predicted molar refractivity (Wildman–Crippen MR) is 26.6 cm³/mol. The lowest BCUT2D eigenvalue weighted by Crippen LogP contribution is -2.46. The minimum atomic E-state index is -6.32. The van der Waals surface area contributed by atoms with Crippen LogP contribution in [0.3, 0.4) is 0 Å². The molecule has 0 heterocycles. The second-order valence-electron chi connectivity index (χ2n) is 2.41. The van der Waals surface area contributed by atoms with E-state index in [4.69, 9.17) is 0 Å². The van der Waals surface area contributed by atoms with Crippen LogP contribution in [-0.2, 0) is 0 Å². The van der Waals surface area contributed by atoms with Gasteiger partial charge in [-0.2, -0.15) is 35.1 Å². The van der Waals surface area contributed by atoms with Gasteiger partial charge in [0.25, 0.3) is 0 Å². The number of rotatable bonds is 2. The van der Waals surface area contributed by atoms with E-state index >= 15 is 0 Å². The lowest BCUT2D eigenvalue weighted by atomic mass is 10.1. The molecule has 0 N–H and O–H groups in total. The lowest BCUT2D eigenvalue weighted by Gasteiger charge is -2.23. The summed E-state index contributed by atoms with van der Waals surface area (Å²) in [5.74, 6) is -5.98. The van der Waals surface area contributed by atoms with E-state index in [0.29, 0.717) is 0 Å². The molecule has 0 nitrogen and oxygen atoms in total. The van der Waals surface area contributed by atoms with Crippen LogP contribution >= 0.6 is 0 Å². The fourth-order valence-electron chi connectivity index (χ4n) is 0.509. The van der Waals surface area contributed by atoms with Crippen molar-refractivity contribution in [2.75, 3.05) is 0 Å². The van der Waals surface area contributed by atoms with Crippen LogP contribution in [0.5, 0.6) is 0 Å². The molecule has 0 aliphatic heterocycles. The molecular weight excluding hydrogens is 231 g/mol. The molecule has 0 rings (SSSR count). The average Bonchev–Trinajstić information content (AvgIpc) is 1.80. The van der Waals surface area contributed by atoms with E-state index in [9.17, 15) is 39.5 Å². The molecular formula is C5H3F9. The quantitative estimate of drug-likeness (QED) is 0.641. The third-order valence-electron chi connectivity index (χ3n) is 1.18. The topological polar surface area (TPSA) is 0 Å². The summed E-state index contributed by atoms with van der Waals surface area (Å²) in [7, 11) is 0. The van der Waals surface area contributed by atoms with Gasteiger partial charge in [-0.15, -0.1) is 0 Å². The minimum absolute atomic E-state index is 2.83. The Bertz CT molecular complexity index is 186. The molecule has 1 atom stereocenters. The van der Waals surface area contributed by atoms with Crippen molar-refractivity contribution < 1.29 is 39.5 Å². The zero-order valence-electron chi connectivity index (χ0n) is 6.19. The van der Waals surface area contributed by atoms with E-state index in [0.717, 1.165) is 0 Å². The molecule has 0 aromatic heterocycles. The standard InChI is InChI=1S/C5H3F9/c6-2(1-3(7,8)9)4(10,11)5(12,13)14/h2H,1H2/t2-/m0/s1. The SMILES string of the molecule is F[C@@H](CC(F)(F)F)C(F)(F)C(F)(F)F. The molecule has 0 bridgehead atoms. The van der Waals surface area contributed by atoms with Gasteiger partial charge in [-0.3, -0.25) is 0 Å². The van der Waals surface area contributed by atoms with Crippen molar-refractivity contribution in [1.29, 1.82) is 0 Å². The molecule has 0 spiro atoms. The van der Waals surface area contributed by atoms with Crippen molar-refractivity contribution in [3.8, 4) is 0 Å². The number of alkyl halides is 9. The molecule has 9 heteroatoms. The Labute approximate surface area is 71.7 Å². The minimum Gasteiger partial charge on any atom is -0.240 e. The molecule has 14 heavy (non-hydrogen) atoms. The van der Waals surface area contributed by atoms with Crippen molar-refractivity contribution in [2.24, 2.45) is 0 Å². The molecule has 0 radical (unpaired) electrons. The Kier molecular flexibility index (Phi) is 3.34. The summed E-state index contributed by atoms with van der Waals surface area (Å²) in [6.07, 6.45) is -18.9. The van der Waals surface area contributed by atoms with Crippen LogP contribution in [0, 0.1) is 0 Å². The molecule has 86 valence electrons. The molecule has 0 aliphatic carbocycles. The largest absolute Gasteiger partial charge is 0.456 e. The maximum absolute atomic E-state index is 12.0. The monoisotopic (exact) mass is 234 g/mol. The fraction of sp³-hybridized carbons (Fsp3) is 1.00. The Morgan fingerprint density at radius 3 is 1.36 bits per heavy atom. The van der Waals surface area contributed by atoms with Gasteiger partial charge in [0.15, 0.2) is 6.17 Å². The van der Waals surface area contributed by atoms with Crippen LogP contribution in [-0.4, -0.2) is 24.4 Å². The number of hydrogen-bond donors (Lipinski definition) is 0. The Hall–Kier alpha value is -0.630. The normalized spacial score (nSPS) is 16.9. The highest BCUT2D eigenvalue weighted by molar-refractivity contribution is 4.85. The van der Waals surface area contributed by atoms with Crippen LogP contribution in [0.15, 0.2) is 0 Å².